The van der Waals surface area contributed by atoms with Crippen LogP contribution in [0.2, 0.25) is 0 Å². The number of nitrogens with zero attached hydrogens (tertiary/aromatic N) is 2. The van der Waals surface area contributed by atoms with Crippen molar-refractivity contribution in [1.82, 2.24) is 9.80 Å². The maximum Gasteiger partial charge on any atom is 0.228 e. The van der Waals surface area contributed by atoms with Gasteiger partial charge >= 0.3 is 0 Å². The van der Waals surface area contributed by atoms with Crippen LogP contribution in [0.25, 0.3) is 0 Å². The average molecular weight is 389 g/mol. The normalized spacial score (nSPS) is 22.4. The Balaban J connectivity index is 1.54. The van der Waals surface area contributed by atoms with Crippen molar-refractivity contribution in [2.24, 2.45) is 5.41 Å². The van der Waals surface area contributed by atoms with Gasteiger partial charge in [-0.25, -0.2) is 0 Å². The molecule has 5 heteroatoms. The van der Waals surface area contributed by atoms with Crippen molar-refractivity contribution in [3.63, 3.8) is 0 Å². The molecule has 2 aliphatic heterocycles. The van der Waals surface area contributed by atoms with Crippen LogP contribution >= 0.6 is 0 Å². The zero-order valence-corrected chi connectivity index (χ0v) is 18.4. The Kier molecular flexibility index (Phi) is 5.95. The summed E-state index contributed by atoms with van der Waals surface area (Å²) in [4.78, 5) is 16.9. The molecule has 3 rings (SSSR count). The topological polar surface area (TPSA) is 42.0 Å². The van der Waals surface area contributed by atoms with Crippen LogP contribution in [0.4, 0.5) is 0 Å². The Morgan fingerprint density at radius 2 is 1.89 bits per heavy atom. The van der Waals surface area contributed by atoms with Crippen LogP contribution in [-0.2, 0) is 10.2 Å². The molecule has 1 unspecified atom stereocenters. The molecule has 156 valence electrons. The molecule has 0 spiro atoms. The van der Waals surface area contributed by atoms with Gasteiger partial charge in [-0.3, -0.25) is 9.69 Å². The lowest BCUT2D eigenvalue weighted by molar-refractivity contribution is -0.141. The molecule has 0 N–H and O–H groups in total. The zero-order valence-electron chi connectivity index (χ0n) is 18.4. The number of methoxy groups -OCH3 is 1. The molecule has 2 aliphatic rings. The highest BCUT2D eigenvalue weighted by Gasteiger charge is 2.35. The van der Waals surface area contributed by atoms with E-state index in [1.807, 2.05) is 37.8 Å². The first-order chi connectivity index (χ1) is 13.1. The molecule has 1 fully saturated rings. The summed E-state index contributed by atoms with van der Waals surface area (Å²) in [6.45, 7) is 15.1. The standard InChI is InChI=1S/C23H36N2O3/c1-22(2,3)21(26)25-13-11-24(12-14-25)10-9-18-16-23(4,5)19-8-7-17(27-6)15-20(19)28-18/h7-8,15,18H,9-14,16H2,1-6H3. The van der Waals surface area contributed by atoms with Crippen molar-refractivity contribution in [3.05, 3.63) is 23.8 Å². The Morgan fingerprint density at radius 3 is 2.50 bits per heavy atom. The minimum atomic E-state index is -0.294. The van der Waals surface area contributed by atoms with Gasteiger partial charge in [-0.2, -0.15) is 0 Å². The number of carbonyl (C=O) groups is 1. The molecule has 1 aromatic carbocycles. The van der Waals surface area contributed by atoms with Crippen LogP contribution in [0, 0.1) is 5.41 Å². The number of hydrogen-bond donors (Lipinski definition) is 0. The molecule has 28 heavy (non-hydrogen) atoms. The van der Waals surface area contributed by atoms with E-state index >= 15 is 0 Å². The first-order valence-corrected chi connectivity index (χ1v) is 10.5. The molecule has 1 aromatic rings. The molecule has 1 saturated heterocycles. The smallest absolute Gasteiger partial charge is 0.228 e. The predicted octanol–water partition coefficient (Wildman–Crippen LogP) is 3.70. The Bertz CT molecular complexity index is 700. The SMILES string of the molecule is COc1ccc2c(c1)OC(CCN1CCN(C(=O)C(C)(C)C)CC1)CC2(C)C. The third-order valence-electron chi connectivity index (χ3n) is 6.02. The molecule has 1 atom stereocenters. The molecule has 0 bridgehead atoms. The highest BCUT2D eigenvalue weighted by molar-refractivity contribution is 5.81. The summed E-state index contributed by atoms with van der Waals surface area (Å²) in [7, 11) is 1.69. The first-order valence-electron chi connectivity index (χ1n) is 10.5. The molecule has 2 heterocycles. The van der Waals surface area contributed by atoms with E-state index in [2.05, 4.69) is 24.8 Å². The Labute approximate surface area is 170 Å². The van der Waals surface area contributed by atoms with Gasteiger partial charge in [0.15, 0.2) is 0 Å². The van der Waals surface area contributed by atoms with Crippen molar-refractivity contribution in [2.75, 3.05) is 39.8 Å². The van der Waals surface area contributed by atoms with Crippen LogP contribution in [0.3, 0.4) is 0 Å². The molecule has 5 nitrogen and oxygen atoms in total. The lowest BCUT2D eigenvalue weighted by Gasteiger charge is -2.40. The van der Waals surface area contributed by atoms with Crippen molar-refractivity contribution >= 4 is 5.91 Å². The van der Waals surface area contributed by atoms with Crippen LogP contribution < -0.4 is 9.47 Å². The van der Waals surface area contributed by atoms with Crippen molar-refractivity contribution in [2.45, 2.75) is 59.0 Å². The van der Waals surface area contributed by atoms with Crippen molar-refractivity contribution in [3.8, 4) is 11.5 Å². The van der Waals surface area contributed by atoms with E-state index in [9.17, 15) is 4.79 Å². The lowest BCUT2D eigenvalue weighted by atomic mass is 9.77. The fourth-order valence-corrected chi connectivity index (χ4v) is 4.32. The third kappa shape index (κ3) is 4.62. The molecule has 1 amide bonds. The predicted molar refractivity (Wildman–Crippen MR) is 112 cm³/mol. The highest BCUT2D eigenvalue weighted by Crippen LogP contribution is 2.43. The number of carbonyl (C=O) groups excluding carboxylic acids is 1. The van der Waals surface area contributed by atoms with Gasteiger partial charge in [-0.05, 0) is 24.3 Å². The van der Waals surface area contributed by atoms with Gasteiger partial charge in [0, 0.05) is 49.8 Å². The third-order valence-corrected chi connectivity index (χ3v) is 6.02. The lowest BCUT2D eigenvalue weighted by Crippen LogP contribution is -2.52. The molecular formula is C23H36N2O3. The number of amides is 1. The van der Waals surface area contributed by atoms with E-state index in [-0.39, 0.29) is 22.8 Å². The van der Waals surface area contributed by atoms with E-state index in [1.54, 1.807) is 7.11 Å². The summed E-state index contributed by atoms with van der Waals surface area (Å²) in [6.07, 6.45) is 2.24. The Morgan fingerprint density at radius 1 is 1.21 bits per heavy atom. The van der Waals surface area contributed by atoms with Gasteiger partial charge in [-0.1, -0.05) is 40.7 Å². The van der Waals surface area contributed by atoms with E-state index in [4.69, 9.17) is 9.47 Å². The number of rotatable bonds is 4. The second-order valence-electron chi connectivity index (χ2n) is 9.86. The quantitative estimate of drug-likeness (QED) is 0.789. The maximum atomic E-state index is 12.4. The van der Waals surface area contributed by atoms with Crippen LogP contribution in [0.5, 0.6) is 11.5 Å². The second kappa shape index (κ2) is 7.94. The van der Waals surface area contributed by atoms with Gasteiger partial charge in [0.1, 0.15) is 17.6 Å². The molecule has 0 aliphatic carbocycles. The molecule has 0 aromatic heterocycles. The summed E-state index contributed by atoms with van der Waals surface area (Å²) < 4.78 is 11.7. The van der Waals surface area contributed by atoms with Gasteiger partial charge in [0.05, 0.1) is 7.11 Å². The number of hydrogen-bond acceptors (Lipinski definition) is 4. The number of benzene rings is 1. The maximum absolute atomic E-state index is 12.4. The average Bonchev–Trinajstić information content (AvgIpc) is 2.64. The van der Waals surface area contributed by atoms with E-state index in [0.717, 1.165) is 57.1 Å². The van der Waals surface area contributed by atoms with Gasteiger partial charge in [0.2, 0.25) is 5.91 Å². The number of fused-ring (bicyclic) bond motifs is 1. The summed E-state index contributed by atoms with van der Waals surface area (Å²) in [5.41, 5.74) is 1.07. The zero-order chi connectivity index (χ0) is 20.5. The fourth-order valence-electron chi connectivity index (χ4n) is 4.32. The molecule has 0 radical (unpaired) electrons. The molecular weight excluding hydrogens is 352 g/mol. The second-order valence-corrected chi connectivity index (χ2v) is 9.86. The van der Waals surface area contributed by atoms with E-state index < -0.39 is 0 Å². The summed E-state index contributed by atoms with van der Waals surface area (Å²) in [6, 6.07) is 6.17. The summed E-state index contributed by atoms with van der Waals surface area (Å²) in [5, 5.41) is 0. The Hall–Kier alpha value is -1.75. The first kappa shape index (κ1) is 21.0. The van der Waals surface area contributed by atoms with Crippen LogP contribution in [-0.4, -0.2) is 61.6 Å². The minimum absolute atomic E-state index is 0.0996. The van der Waals surface area contributed by atoms with Crippen LogP contribution in [0.1, 0.15) is 53.0 Å². The largest absolute Gasteiger partial charge is 0.497 e. The minimum Gasteiger partial charge on any atom is -0.497 e. The van der Waals surface area contributed by atoms with E-state index in [1.165, 1.54) is 5.56 Å². The van der Waals surface area contributed by atoms with Gasteiger partial charge in [-0.15, -0.1) is 0 Å². The summed E-state index contributed by atoms with van der Waals surface area (Å²) in [5.74, 6) is 2.06. The number of ether oxygens (including phenoxy) is 2. The highest BCUT2D eigenvalue weighted by atomic mass is 16.5. The summed E-state index contributed by atoms with van der Waals surface area (Å²) >= 11 is 0. The fraction of sp³-hybridized carbons (Fsp3) is 0.696. The monoisotopic (exact) mass is 388 g/mol. The van der Waals surface area contributed by atoms with Crippen LogP contribution in [0.15, 0.2) is 18.2 Å². The van der Waals surface area contributed by atoms with E-state index in [0.29, 0.717) is 0 Å². The van der Waals surface area contributed by atoms with Crippen molar-refractivity contribution in [1.29, 1.82) is 0 Å². The van der Waals surface area contributed by atoms with Crippen molar-refractivity contribution < 1.29 is 14.3 Å². The van der Waals surface area contributed by atoms with Gasteiger partial charge < -0.3 is 14.4 Å². The number of piperazine rings is 1. The van der Waals surface area contributed by atoms with Gasteiger partial charge in [0.25, 0.3) is 0 Å². The molecule has 0 saturated carbocycles.